The number of carbonyl (C=O) groups excluding carboxylic acids is 1. The van der Waals surface area contributed by atoms with Crippen LogP contribution in [0.3, 0.4) is 0 Å². The Morgan fingerprint density at radius 1 is 1.08 bits per heavy atom. The highest BCUT2D eigenvalue weighted by atomic mass is 35.5. The average molecular weight is 369 g/mol. The van der Waals surface area contributed by atoms with E-state index in [2.05, 4.69) is 25.0 Å². The van der Waals surface area contributed by atoms with Crippen molar-refractivity contribution < 1.29 is 9.53 Å². The van der Waals surface area contributed by atoms with Gasteiger partial charge in [0.2, 0.25) is 5.88 Å². The van der Waals surface area contributed by atoms with Crippen molar-refractivity contribution in [3.05, 3.63) is 75.9 Å². The van der Waals surface area contributed by atoms with E-state index in [4.69, 9.17) is 16.3 Å². The van der Waals surface area contributed by atoms with Crippen LogP contribution in [0.4, 0.5) is 0 Å². The molecule has 0 saturated carbocycles. The molecule has 0 bridgehead atoms. The van der Waals surface area contributed by atoms with Crippen molar-refractivity contribution in [1.29, 1.82) is 0 Å². The van der Waals surface area contributed by atoms with E-state index in [0.29, 0.717) is 16.5 Å². The minimum atomic E-state index is -0.442. The Morgan fingerprint density at radius 2 is 1.77 bits per heavy atom. The molecule has 0 aliphatic heterocycles. The standard InChI is InChI=1S/C21H21ClN2O2/c1-13(2)18-12-20(26-21(25)16-6-8-17(22)9-7-16)24(23-18)19-10-5-14(3)11-15(19)4/h5-13H,1-4H3. The summed E-state index contributed by atoms with van der Waals surface area (Å²) in [5.74, 6) is 0.179. The highest BCUT2D eigenvalue weighted by molar-refractivity contribution is 6.30. The first-order chi connectivity index (χ1) is 12.3. The highest BCUT2D eigenvalue weighted by Gasteiger charge is 2.18. The first-order valence-corrected chi connectivity index (χ1v) is 8.88. The van der Waals surface area contributed by atoms with Crippen LogP contribution in [0.15, 0.2) is 48.5 Å². The van der Waals surface area contributed by atoms with Gasteiger partial charge in [-0.05, 0) is 55.7 Å². The van der Waals surface area contributed by atoms with Crippen LogP contribution in [-0.2, 0) is 0 Å². The Labute approximate surface area is 158 Å². The molecule has 3 rings (SSSR count). The van der Waals surface area contributed by atoms with Gasteiger partial charge in [0.05, 0.1) is 16.9 Å². The van der Waals surface area contributed by atoms with E-state index in [1.165, 1.54) is 5.56 Å². The Balaban J connectivity index is 2.00. The zero-order chi connectivity index (χ0) is 18.8. The van der Waals surface area contributed by atoms with E-state index >= 15 is 0 Å². The quantitative estimate of drug-likeness (QED) is 0.572. The summed E-state index contributed by atoms with van der Waals surface area (Å²) >= 11 is 5.88. The highest BCUT2D eigenvalue weighted by Crippen LogP contribution is 2.27. The molecule has 0 radical (unpaired) electrons. The number of esters is 1. The lowest BCUT2D eigenvalue weighted by molar-refractivity contribution is 0.0723. The van der Waals surface area contributed by atoms with Crippen LogP contribution < -0.4 is 4.74 Å². The topological polar surface area (TPSA) is 44.1 Å². The fraction of sp³-hybridized carbons (Fsp3) is 0.238. The number of hydrogen-bond acceptors (Lipinski definition) is 3. The van der Waals surface area contributed by atoms with E-state index in [1.54, 1.807) is 28.9 Å². The number of aryl methyl sites for hydroxylation is 2. The van der Waals surface area contributed by atoms with Crippen LogP contribution in [0.25, 0.3) is 5.69 Å². The second kappa shape index (κ2) is 7.34. The zero-order valence-electron chi connectivity index (χ0n) is 15.3. The van der Waals surface area contributed by atoms with Gasteiger partial charge >= 0.3 is 5.97 Å². The van der Waals surface area contributed by atoms with Gasteiger partial charge in [-0.15, -0.1) is 0 Å². The van der Waals surface area contributed by atoms with E-state index in [1.807, 2.05) is 32.0 Å². The molecule has 134 valence electrons. The molecule has 1 heterocycles. The van der Waals surface area contributed by atoms with Crippen LogP contribution in [0.1, 0.15) is 46.9 Å². The Kier molecular flexibility index (Phi) is 5.14. The van der Waals surface area contributed by atoms with Gasteiger partial charge in [-0.3, -0.25) is 0 Å². The van der Waals surface area contributed by atoms with Crippen LogP contribution in [-0.4, -0.2) is 15.7 Å². The smallest absolute Gasteiger partial charge is 0.344 e. The van der Waals surface area contributed by atoms with Crippen LogP contribution >= 0.6 is 11.6 Å². The van der Waals surface area contributed by atoms with Crippen molar-refractivity contribution in [2.75, 3.05) is 0 Å². The number of nitrogens with zero attached hydrogens (tertiary/aromatic N) is 2. The summed E-state index contributed by atoms with van der Waals surface area (Å²) in [6.07, 6.45) is 0. The van der Waals surface area contributed by atoms with Gasteiger partial charge in [0.25, 0.3) is 0 Å². The molecular weight excluding hydrogens is 348 g/mol. The molecule has 0 spiro atoms. The largest absolute Gasteiger partial charge is 0.404 e. The summed E-state index contributed by atoms with van der Waals surface area (Å²) < 4.78 is 7.35. The van der Waals surface area contributed by atoms with Gasteiger partial charge in [-0.1, -0.05) is 43.1 Å². The van der Waals surface area contributed by atoms with Crippen molar-refractivity contribution in [3.63, 3.8) is 0 Å². The van der Waals surface area contributed by atoms with E-state index in [-0.39, 0.29) is 5.92 Å². The predicted molar refractivity (Wildman–Crippen MR) is 104 cm³/mol. The van der Waals surface area contributed by atoms with Gasteiger partial charge in [0.1, 0.15) is 0 Å². The maximum absolute atomic E-state index is 12.5. The molecule has 1 aromatic heterocycles. The Hall–Kier alpha value is -2.59. The molecule has 0 aliphatic carbocycles. The zero-order valence-corrected chi connectivity index (χ0v) is 16.0. The third-order valence-corrected chi connectivity index (χ3v) is 4.40. The fourth-order valence-electron chi connectivity index (χ4n) is 2.69. The summed E-state index contributed by atoms with van der Waals surface area (Å²) in [5, 5.41) is 5.22. The van der Waals surface area contributed by atoms with E-state index in [9.17, 15) is 4.79 Å². The minimum Gasteiger partial charge on any atom is -0.404 e. The van der Waals surface area contributed by atoms with Crippen molar-refractivity contribution in [3.8, 4) is 11.6 Å². The second-order valence-corrected chi connectivity index (χ2v) is 7.10. The number of hydrogen-bond donors (Lipinski definition) is 0. The van der Waals surface area contributed by atoms with Crippen molar-refractivity contribution >= 4 is 17.6 Å². The molecular formula is C21H21ClN2O2. The van der Waals surface area contributed by atoms with Crippen molar-refractivity contribution in [2.24, 2.45) is 0 Å². The molecule has 0 aliphatic rings. The molecule has 0 amide bonds. The molecule has 4 nitrogen and oxygen atoms in total. The number of ether oxygens (including phenoxy) is 1. The van der Waals surface area contributed by atoms with Gasteiger partial charge < -0.3 is 4.74 Å². The summed E-state index contributed by atoms with van der Waals surface area (Å²) in [6.45, 7) is 8.17. The van der Waals surface area contributed by atoms with Gasteiger partial charge in [0, 0.05) is 11.1 Å². The third-order valence-electron chi connectivity index (χ3n) is 4.14. The summed E-state index contributed by atoms with van der Waals surface area (Å²) in [7, 11) is 0. The molecule has 0 N–H and O–H groups in total. The molecule has 0 atom stereocenters. The predicted octanol–water partition coefficient (Wildman–Crippen LogP) is 5.49. The lowest BCUT2D eigenvalue weighted by Crippen LogP contribution is -2.12. The number of carbonyl (C=O) groups is 1. The number of benzene rings is 2. The maximum atomic E-state index is 12.5. The lowest BCUT2D eigenvalue weighted by Gasteiger charge is -2.11. The van der Waals surface area contributed by atoms with Crippen LogP contribution in [0, 0.1) is 13.8 Å². The molecule has 26 heavy (non-hydrogen) atoms. The van der Waals surface area contributed by atoms with Gasteiger partial charge in [-0.25, -0.2) is 9.48 Å². The SMILES string of the molecule is Cc1ccc(-n2nc(C(C)C)cc2OC(=O)c2ccc(Cl)cc2)c(C)c1. The molecule has 0 unspecified atom stereocenters. The second-order valence-electron chi connectivity index (χ2n) is 6.66. The Morgan fingerprint density at radius 3 is 2.38 bits per heavy atom. The van der Waals surface area contributed by atoms with Crippen molar-refractivity contribution in [1.82, 2.24) is 9.78 Å². The van der Waals surface area contributed by atoms with Gasteiger partial charge in [0.15, 0.2) is 0 Å². The van der Waals surface area contributed by atoms with E-state index < -0.39 is 5.97 Å². The molecule has 0 fully saturated rings. The Bertz CT molecular complexity index is 943. The summed E-state index contributed by atoms with van der Waals surface area (Å²) in [5.41, 5.74) is 4.42. The van der Waals surface area contributed by atoms with Gasteiger partial charge in [-0.2, -0.15) is 5.10 Å². The molecule has 3 aromatic rings. The van der Waals surface area contributed by atoms with Crippen molar-refractivity contribution in [2.45, 2.75) is 33.6 Å². The number of aromatic nitrogens is 2. The molecule has 0 saturated heterocycles. The molecule has 2 aromatic carbocycles. The first-order valence-electron chi connectivity index (χ1n) is 8.50. The lowest BCUT2D eigenvalue weighted by atomic mass is 10.1. The average Bonchev–Trinajstić information content (AvgIpc) is 2.99. The van der Waals surface area contributed by atoms with Crippen LogP contribution in [0.2, 0.25) is 5.02 Å². The monoisotopic (exact) mass is 368 g/mol. The first kappa shape index (κ1) is 18.2. The summed E-state index contributed by atoms with van der Waals surface area (Å²) in [6, 6.07) is 14.5. The van der Waals surface area contributed by atoms with Crippen LogP contribution in [0.5, 0.6) is 5.88 Å². The maximum Gasteiger partial charge on any atom is 0.344 e. The number of halogens is 1. The fourth-order valence-corrected chi connectivity index (χ4v) is 2.82. The minimum absolute atomic E-state index is 0.218. The van der Waals surface area contributed by atoms with E-state index in [0.717, 1.165) is 16.9 Å². The molecule has 5 heteroatoms. The normalized spacial score (nSPS) is 11.0. The number of rotatable bonds is 4. The summed E-state index contributed by atoms with van der Waals surface area (Å²) in [4.78, 5) is 12.5. The third kappa shape index (κ3) is 3.81.